The molecule has 0 saturated carbocycles. The SMILES string of the molecule is CCOc1ccc(N(C)c2ncc(C(F)(F)F)c(OC(C)C)n2)cc1. The lowest BCUT2D eigenvalue weighted by Crippen LogP contribution is -2.19. The smallest absolute Gasteiger partial charge is 0.423 e. The van der Waals surface area contributed by atoms with E-state index in [1.807, 2.05) is 6.92 Å². The highest BCUT2D eigenvalue weighted by atomic mass is 19.4. The molecule has 136 valence electrons. The second kappa shape index (κ2) is 7.58. The predicted molar refractivity (Wildman–Crippen MR) is 88.5 cm³/mol. The van der Waals surface area contributed by atoms with Crippen molar-refractivity contribution in [3.8, 4) is 11.6 Å². The summed E-state index contributed by atoms with van der Waals surface area (Å²) >= 11 is 0. The summed E-state index contributed by atoms with van der Waals surface area (Å²) in [5.74, 6) is 0.329. The molecule has 25 heavy (non-hydrogen) atoms. The molecule has 2 rings (SSSR count). The fraction of sp³-hybridized carbons (Fsp3) is 0.412. The largest absolute Gasteiger partial charge is 0.494 e. The average molecular weight is 355 g/mol. The monoisotopic (exact) mass is 355 g/mol. The molecule has 0 atom stereocenters. The van der Waals surface area contributed by atoms with Crippen LogP contribution in [-0.2, 0) is 6.18 Å². The van der Waals surface area contributed by atoms with Crippen molar-refractivity contribution in [2.75, 3.05) is 18.6 Å². The maximum Gasteiger partial charge on any atom is 0.423 e. The molecule has 0 aliphatic carbocycles. The van der Waals surface area contributed by atoms with Crippen LogP contribution in [0.25, 0.3) is 0 Å². The minimum atomic E-state index is -4.58. The number of halogens is 3. The molecule has 1 heterocycles. The van der Waals surface area contributed by atoms with Gasteiger partial charge in [-0.05, 0) is 45.0 Å². The topological polar surface area (TPSA) is 47.5 Å². The number of hydrogen-bond donors (Lipinski definition) is 0. The van der Waals surface area contributed by atoms with Gasteiger partial charge >= 0.3 is 6.18 Å². The number of aromatic nitrogens is 2. The molecule has 0 spiro atoms. The van der Waals surface area contributed by atoms with Crippen LogP contribution in [0.4, 0.5) is 24.8 Å². The Morgan fingerprint density at radius 3 is 2.32 bits per heavy atom. The van der Waals surface area contributed by atoms with Gasteiger partial charge in [-0.1, -0.05) is 0 Å². The van der Waals surface area contributed by atoms with Crippen molar-refractivity contribution in [3.63, 3.8) is 0 Å². The van der Waals surface area contributed by atoms with E-state index in [9.17, 15) is 13.2 Å². The van der Waals surface area contributed by atoms with Crippen molar-refractivity contribution < 1.29 is 22.6 Å². The average Bonchev–Trinajstić information content (AvgIpc) is 2.53. The van der Waals surface area contributed by atoms with Crippen LogP contribution >= 0.6 is 0 Å². The molecule has 0 saturated heterocycles. The van der Waals surface area contributed by atoms with Gasteiger partial charge in [0.15, 0.2) is 0 Å². The van der Waals surface area contributed by atoms with E-state index in [1.54, 1.807) is 50.1 Å². The Labute approximate surface area is 144 Å². The minimum absolute atomic E-state index is 0.104. The number of ether oxygens (including phenoxy) is 2. The van der Waals surface area contributed by atoms with Crippen molar-refractivity contribution in [2.24, 2.45) is 0 Å². The number of nitrogens with zero attached hydrogens (tertiary/aromatic N) is 3. The summed E-state index contributed by atoms with van der Waals surface area (Å²) in [5.41, 5.74) is -0.288. The van der Waals surface area contributed by atoms with Crippen LogP contribution < -0.4 is 14.4 Å². The highest BCUT2D eigenvalue weighted by molar-refractivity contribution is 5.58. The Morgan fingerprint density at radius 1 is 1.16 bits per heavy atom. The molecular weight excluding hydrogens is 335 g/mol. The molecule has 0 fully saturated rings. The van der Waals surface area contributed by atoms with Gasteiger partial charge in [0.2, 0.25) is 11.8 Å². The van der Waals surface area contributed by atoms with Gasteiger partial charge in [-0.2, -0.15) is 18.2 Å². The zero-order chi connectivity index (χ0) is 18.6. The first-order chi connectivity index (χ1) is 11.7. The molecule has 1 aromatic carbocycles. The summed E-state index contributed by atoms with van der Waals surface area (Å²) in [6.45, 7) is 5.70. The molecule has 2 aromatic rings. The Bertz CT molecular complexity index is 703. The highest BCUT2D eigenvalue weighted by Gasteiger charge is 2.36. The van der Waals surface area contributed by atoms with Crippen LogP contribution in [0.15, 0.2) is 30.5 Å². The highest BCUT2D eigenvalue weighted by Crippen LogP contribution is 2.36. The number of rotatable bonds is 6. The first-order valence-corrected chi connectivity index (χ1v) is 7.79. The summed E-state index contributed by atoms with van der Waals surface area (Å²) < 4.78 is 49.9. The minimum Gasteiger partial charge on any atom is -0.494 e. The van der Waals surface area contributed by atoms with Crippen LogP contribution in [0.2, 0.25) is 0 Å². The lowest BCUT2D eigenvalue weighted by atomic mass is 10.3. The van der Waals surface area contributed by atoms with Crippen molar-refractivity contribution in [2.45, 2.75) is 33.1 Å². The predicted octanol–water partition coefficient (Wildman–Crippen LogP) is 4.45. The lowest BCUT2D eigenvalue weighted by Gasteiger charge is -2.20. The molecule has 8 heteroatoms. The van der Waals surface area contributed by atoms with Crippen LogP contribution in [0.5, 0.6) is 11.6 Å². The normalized spacial score (nSPS) is 11.5. The quantitative estimate of drug-likeness (QED) is 0.766. The van der Waals surface area contributed by atoms with Crippen molar-refractivity contribution in [1.82, 2.24) is 9.97 Å². The van der Waals surface area contributed by atoms with Gasteiger partial charge in [0.25, 0.3) is 0 Å². The summed E-state index contributed by atoms with van der Waals surface area (Å²) in [6, 6.07) is 7.08. The van der Waals surface area contributed by atoms with Crippen molar-refractivity contribution >= 4 is 11.6 Å². The van der Waals surface area contributed by atoms with Gasteiger partial charge in [0, 0.05) is 18.9 Å². The second-order valence-corrected chi connectivity index (χ2v) is 5.54. The molecule has 0 amide bonds. The summed E-state index contributed by atoms with van der Waals surface area (Å²) in [6.07, 6.45) is -4.29. The fourth-order valence-corrected chi connectivity index (χ4v) is 2.07. The van der Waals surface area contributed by atoms with Gasteiger partial charge in [0.1, 0.15) is 11.3 Å². The van der Waals surface area contributed by atoms with Crippen LogP contribution in [-0.4, -0.2) is 29.7 Å². The first kappa shape index (κ1) is 18.8. The van der Waals surface area contributed by atoms with E-state index in [1.165, 1.54) is 0 Å². The number of hydrogen-bond acceptors (Lipinski definition) is 5. The van der Waals surface area contributed by atoms with E-state index in [2.05, 4.69) is 9.97 Å². The maximum absolute atomic E-state index is 13.1. The molecule has 5 nitrogen and oxygen atoms in total. The van der Waals surface area contributed by atoms with E-state index < -0.39 is 23.7 Å². The zero-order valence-corrected chi connectivity index (χ0v) is 14.5. The summed E-state index contributed by atoms with van der Waals surface area (Å²) in [4.78, 5) is 9.36. The van der Waals surface area contributed by atoms with Gasteiger partial charge in [-0.25, -0.2) is 4.98 Å². The molecule has 0 unspecified atom stereocenters. The first-order valence-electron chi connectivity index (χ1n) is 7.79. The van der Waals surface area contributed by atoms with Gasteiger partial charge < -0.3 is 14.4 Å². The Hall–Kier alpha value is -2.51. The molecule has 0 aliphatic heterocycles. The van der Waals surface area contributed by atoms with Crippen molar-refractivity contribution in [3.05, 3.63) is 36.0 Å². The van der Waals surface area contributed by atoms with Gasteiger partial charge in [0.05, 0.1) is 12.7 Å². The van der Waals surface area contributed by atoms with E-state index in [0.717, 1.165) is 6.20 Å². The van der Waals surface area contributed by atoms with Crippen LogP contribution in [0.3, 0.4) is 0 Å². The molecular formula is C17H20F3N3O2. The third-order valence-electron chi connectivity index (χ3n) is 3.23. The molecule has 1 aromatic heterocycles. The van der Waals surface area contributed by atoms with Gasteiger partial charge in [-0.3, -0.25) is 0 Å². The van der Waals surface area contributed by atoms with E-state index in [4.69, 9.17) is 9.47 Å². The van der Waals surface area contributed by atoms with E-state index >= 15 is 0 Å². The Morgan fingerprint density at radius 2 is 1.80 bits per heavy atom. The van der Waals surface area contributed by atoms with Crippen LogP contribution in [0.1, 0.15) is 26.3 Å². The fourth-order valence-electron chi connectivity index (χ4n) is 2.07. The Kier molecular flexibility index (Phi) is 5.71. The zero-order valence-electron chi connectivity index (χ0n) is 14.5. The molecule has 0 aliphatic rings. The van der Waals surface area contributed by atoms with E-state index in [0.29, 0.717) is 18.0 Å². The van der Waals surface area contributed by atoms with Crippen molar-refractivity contribution in [1.29, 1.82) is 0 Å². The Balaban J connectivity index is 2.34. The maximum atomic E-state index is 13.1. The number of alkyl halides is 3. The van der Waals surface area contributed by atoms with Crippen LogP contribution in [0, 0.1) is 0 Å². The third kappa shape index (κ3) is 4.74. The summed E-state index contributed by atoms with van der Waals surface area (Å²) in [7, 11) is 1.66. The molecule has 0 bridgehead atoms. The number of benzene rings is 1. The standard InChI is InChI=1S/C17H20F3N3O2/c1-5-24-13-8-6-12(7-9-13)23(4)16-21-10-14(17(18,19)20)15(22-16)25-11(2)3/h6-11H,5H2,1-4H3. The van der Waals surface area contributed by atoms with E-state index in [-0.39, 0.29) is 5.95 Å². The third-order valence-corrected chi connectivity index (χ3v) is 3.23. The lowest BCUT2D eigenvalue weighted by molar-refractivity contribution is -0.139. The summed E-state index contributed by atoms with van der Waals surface area (Å²) in [5, 5.41) is 0. The second-order valence-electron chi connectivity index (χ2n) is 5.54. The molecule has 0 radical (unpaired) electrons. The number of anilines is 2. The molecule has 0 N–H and O–H groups in total. The van der Waals surface area contributed by atoms with Gasteiger partial charge in [-0.15, -0.1) is 0 Å².